The third-order valence-corrected chi connectivity index (χ3v) is 11.9. The van der Waals surface area contributed by atoms with Crippen LogP contribution < -0.4 is 5.32 Å². The summed E-state index contributed by atoms with van der Waals surface area (Å²) in [4.78, 5) is 106. The van der Waals surface area contributed by atoms with Gasteiger partial charge in [-0.25, -0.2) is 0 Å². The van der Waals surface area contributed by atoms with Crippen molar-refractivity contribution < 1.29 is 62.1 Å². The molecule has 0 aliphatic rings. The van der Waals surface area contributed by atoms with Crippen molar-refractivity contribution in [2.45, 2.75) is 198 Å². The van der Waals surface area contributed by atoms with Crippen LogP contribution in [0.1, 0.15) is 196 Å². The third-order valence-electron chi connectivity index (χ3n) is 11.9. The first-order chi connectivity index (χ1) is 38.1. The molecule has 3 amide bonds. The summed E-state index contributed by atoms with van der Waals surface area (Å²) in [5.74, 6) is 1.13. The van der Waals surface area contributed by atoms with Gasteiger partial charge in [0, 0.05) is 88.7 Å². The maximum atomic E-state index is 11.8. The predicted molar refractivity (Wildman–Crippen MR) is 336 cm³/mol. The summed E-state index contributed by atoms with van der Waals surface area (Å²) in [6.07, 6.45) is 4.21. The van der Waals surface area contributed by atoms with Crippen molar-refractivity contribution in [3.05, 3.63) is 35.4 Å². The van der Waals surface area contributed by atoms with Crippen LogP contribution in [0.3, 0.4) is 0 Å². The molecule has 0 heterocycles. The molecule has 0 fully saturated rings. The lowest BCUT2D eigenvalue weighted by Crippen LogP contribution is -2.40. The molecule has 484 valence electrons. The lowest BCUT2D eigenvalue weighted by Gasteiger charge is -2.31. The molecule has 0 aromatic heterocycles. The Balaban J connectivity index is -0.000000300. The molecule has 83 heavy (non-hydrogen) atoms. The minimum Gasteiger partial charge on any atom is -0.465 e. The van der Waals surface area contributed by atoms with Crippen LogP contribution in [-0.4, -0.2) is 142 Å². The number of ether oxygens (including phenoxy) is 4. The fourth-order valence-electron chi connectivity index (χ4n) is 6.30. The highest BCUT2D eigenvalue weighted by molar-refractivity contribution is 5.80. The van der Waals surface area contributed by atoms with Crippen LogP contribution in [-0.2, 0) is 75.1 Å². The van der Waals surface area contributed by atoms with Crippen molar-refractivity contribution >= 4 is 53.2 Å². The summed E-state index contributed by atoms with van der Waals surface area (Å²) < 4.78 is 20.3. The Bertz CT molecular complexity index is 1910. The fourth-order valence-corrected chi connectivity index (χ4v) is 6.30. The highest BCUT2D eigenvalue weighted by Gasteiger charge is 2.26. The number of rotatable bonds is 29. The number of benzene rings is 1. The molecule has 0 saturated heterocycles. The molecule has 0 bridgehead atoms. The van der Waals surface area contributed by atoms with Gasteiger partial charge in [-0.1, -0.05) is 177 Å². The topological polar surface area (TPSA) is 212 Å². The Kier molecular flexibility index (Phi) is 51.2. The number of nitrogens with one attached hydrogen (secondary N) is 1. The summed E-state index contributed by atoms with van der Waals surface area (Å²) in [6, 6.07) is 8.29. The van der Waals surface area contributed by atoms with Gasteiger partial charge in [-0.15, -0.1) is 0 Å². The predicted octanol–water partition coefficient (Wildman–Crippen LogP) is 11.7. The van der Waals surface area contributed by atoms with Crippen molar-refractivity contribution in [3.63, 3.8) is 0 Å². The maximum Gasteiger partial charge on any atom is 0.308 e. The number of Topliss-reactive ketones (excluding diaryl/α,β-unsaturated/α-hetero) is 2. The molecule has 0 unspecified atom stereocenters. The minimum absolute atomic E-state index is 0.0102. The number of carbonyl (C=O) groups is 9. The van der Waals surface area contributed by atoms with Gasteiger partial charge >= 0.3 is 23.9 Å². The molecule has 1 aromatic carbocycles. The highest BCUT2D eigenvalue weighted by atomic mass is 16.5. The number of likely N-dealkylation sites (N-methyl/N-ethyl adjacent to an activating group) is 1. The first-order valence-electron chi connectivity index (χ1n) is 30.3. The van der Waals surface area contributed by atoms with Crippen molar-refractivity contribution in [2.75, 3.05) is 74.2 Å². The van der Waals surface area contributed by atoms with Crippen LogP contribution in [0.25, 0.3) is 0 Å². The summed E-state index contributed by atoms with van der Waals surface area (Å²) in [5, 5.41) is 2.88. The first kappa shape index (κ1) is 86.6. The van der Waals surface area contributed by atoms with E-state index in [0.29, 0.717) is 64.1 Å². The van der Waals surface area contributed by atoms with Crippen LogP contribution in [0.4, 0.5) is 0 Å². The number of carbonyl (C=O) groups excluding carboxylic acids is 9. The standard InChI is InChI=1S/C15H22O2.C14H27NO3.C13H25NO2.C12H23NO3.C7H15NO2.C5H10O/c1-11(2)9-13-5-7-14(8-6-13)10-17-15(16)12(3)4;1-10(2)12(16)15(7)8-14(5,6)9-18-13(17)11(3)4;1-10(2)12(15)8-6-7-9-14(5)13(16)11(3)4;1-9(2)11(14)13(5)7-6-8-16-12(15)10(3)4;1-6(2)7(9)10-5-4-8-3;1-4(2)5(3)6/h5-8,11-12H,9-10H2,1-4H3;10-11H,8-9H2,1-7H3;10-11H,6-9H2,1-5H3;9-10H,6-8H2,1-5H3;6,8H,4-5H2,1-3H3;4H,1-3H3. The van der Waals surface area contributed by atoms with E-state index in [9.17, 15) is 43.2 Å². The lowest BCUT2D eigenvalue weighted by atomic mass is 9.93. The zero-order valence-corrected chi connectivity index (χ0v) is 57.4. The molecule has 0 saturated carbocycles. The Morgan fingerprint density at radius 2 is 0.819 bits per heavy atom. The van der Waals surface area contributed by atoms with Crippen LogP contribution in [0.5, 0.6) is 0 Å². The second-order valence-corrected chi connectivity index (χ2v) is 25.2. The minimum atomic E-state index is -0.232. The van der Waals surface area contributed by atoms with E-state index in [1.54, 1.807) is 49.6 Å². The second-order valence-electron chi connectivity index (χ2n) is 25.2. The Morgan fingerprint density at radius 1 is 0.458 bits per heavy atom. The molecule has 1 rings (SSSR count). The molecular formula is C66H122N4O13. The molecule has 0 aliphatic carbocycles. The lowest BCUT2D eigenvalue weighted by molar-refractivity contribution is -0.151. The molecular weight excluding hydrogens is 1060 g/mol. The van der Waals surface area contributed by atoms with E-state index < -0.39 is 0 Å². The van der Waals surface area contributed by atoms with Crippen LogP contribution >= 0.6 is 0 Å². The molecule has 17 heteroatoms. The molecule has 1 N–H and O–H groups in total. The summed E-state index contributed by atoms with van der Waals surface area (Å²) in [6.45, 7) is 47.7. The van der Waals surface area contributed by atoms with E-state index in [0.717, 1.165) is 37.9 Å². The van der Waals surface area contributed by atoms with E-state index in [1.807, 2.05) is 151 Å². The molecule has 0 radical (unpaired) electrons. The van der Waals surface area contributed by atoms with E-state index in [4.69, 9.17) is 18.9 Å². The zero-order valence-electron chi connectivity index (χ0n) is 57.4. The maximum absolute atomic E-state index is 11.8. The number of unbranched alkanes of at least 4 members (excludes halogenated alkanes) is 1. The van der Waals surface area contributed by atoms with Gasteiger partial charge < -0.3 is 39.0 Å². The van der Waals surface area contributed by atoms with Gasteiger partial charge in [-0.2, -0.15) is 0 Å². The van der Waals surface area contributed by atoms with Gasteiger partial charge in [0.2, 0.25) is 17.7 Å². The van der Waals surface area contributed by atoms with Gasteiger partial charge in [-0.3, -0.25) is 43.2 Å². The summed E-state index contributed by atoms with van der Waals surface area (Å²) in [7, 11) is 7.21. The van der Waals surface area contributed by atoms with Crippen molar-refractivity contribution in [1.29, 1.82) is 0 Å². The molecule has 0 aliphatic heterocycles. The molecule has 1 aromatic rings. The van der Waals surface area contributed by atoms with Gasteiger partial charge in [0.1, 0.15) is 24.8 Å². The van der Waals surface area contributed by atoms with Crippen LogP contribution in [0.2, 0.25) is 0 Å². The SMILES string of the molecule is CC(=O)C(C)C.CC(C)C(=O)CCCCN(C)C(=O)C(C)C.CC(C)C(=O)OCC(C)(C)CN(C)C(=O)C(C)C.CC(C)C(=O)OCCCN(C)C(=O)C(C)C.CC(C)Cc1ccc(COC(=O)C(C)C)cc1.CNCCOC(=O)C(C)C. The average Bonchev–Trinajstić information content (AvgIpc) is 3.39. The van der Waals surface area contributed by atoms with Crippen molar-refractivity contribution in [3.8, 4) is 0 Å². The molecule has 0 spiro atoms. The molecule has 17 nitrogen and oxygen atoms in total. The van der Waals surface area contributed by atoms with Gasteiger partial charge in [0.25, 0.3) is 0 Å². The van der Waals surface area contributed by atoms with E-state index in [1.165, 1.54) is 5.56 Å². The Hall–Kier alpha value is -5.19. The first-order valence-corrected chi connectivity index (χ1v) is 30.3. The Morgan fingerprint density at radius 3 is 1.18 bits per heavy atom. The number of hydrogen-bond acceptors (Lipinski definition) is 14. The highest BCUT2D eigenvalue weighted by Crippen LogP contribution is 2.19. The van der Waals surface area contributed by atoms with Crippen LogP contribution in [0.15, 0.2) is 24.3 Å². The number of nitrogens with zero attached hydrogens (tertiary/aromatic N) is 3. The normalized spacial score (nSPS) is 10.9. The van der Waals surface area contributed by atoms with Crippen molar-refractivity contribution in [1.82, 2.24) is 20.0 Å². The largest absolute Gasteiger partial charge is 0.465 e. The monoisotopic (exact) mass is 1180 g/mol. The van der Waals surface area contributed by atoms with E-state index in [2.05, 4.69) is 31.3 Å². The summed E-state index contributed by atoms with van der Waals surface area (Å²) in [5.41, 5.74) is 2.15. The van der Waals surface area contributed by atoms with Gasteiger partial charge in [0.05, 0.1) is 36.9 Å². The number of hydrogen-bond donors (Lipinski definition) is 1. The molecule has 0 atom stereocenters. The van der Waals surface area contributed by atoms with E-state index >= 15 is 0 Å². The fraction of sp³-hybridized carbons (Fsp3) is 0.773. The quantitative estimate of drug-likeness (QED) is 0.0449. The second kappa shape index (κ2) is 49.1. The zero-order chi connectivity index (χ0) is 65.9. The van der Waals surface area contributed by atoms with Gasteiger partial charge in [0.15, 0.2) is 0 Å². The van der Waals surface area contributed by atoms with Crippen LogP contribution in [0, 0.1) is 64.6 Å². The van der Waals surface area contributed by atoms with E-state index in [-0.39, 0.29) is 106 Å². The average molecular weight is 1180 g/mol. The summed E-state index contributed by atoms with van der Waals surface area (Å²) >= 11 is 0. The van der Waals surface area contributed by atoms with Gasteiger partial charge in [-0.05, 0) is 56.7 Å². The smallest absolute Gasteiger partial charge is 0.308 e. The number of ketones is 2. The third kappa shape index (κ3) is 51.0. The number of amides is 3. The van der Waals surface area contributed by atoms with Crippen molar-refractivity contribution in [2.24, 2.45) is 64.6 Å². The Labute approximate surface area is 505 Å². The number of esters is 4.